The van der Waals surface area contributed by atoms with Crippen molar-refractivity contribution < 1.29 is 0 Å². The van der Waals surface area contributed by atoms with E-state index in [-0.39, 0.29) is 0 Å². The molecular weight excluding hydrogens is 142 g/mol. The topological polar surface area (TPSA) is 12.0 Å². The molecule has 2 saturated heterocycles. The maximum Gasteiger partial charge on any atom is 0.0172 e. The van der Waals surface area contributed by atoms with Crippen molar-refractivity contribution in [1.82, 2.24) is 5.32 Å². The third kappa shape index (κ3) is 1.48. The Kier molecular flexibility index (Phi) is 2.19. The van der Waals surface area contributed by atoms with Gasteiger partial charge in [-0.1, -0.05) is 6.42 Å². The van der Waals surface area contributed by atoms with Crippen LogP contribution in [-0.2, 0) is 0 Å². The lowest BCUT2D eigenvalue weighted by Gasteiger charge is -2.13. The van der Waals surface area contributed by atoms with Crippen LogP contribution in [0.2, 0.25) is 0 Å². The summed E-state index contributed by atoms with van der Waals surface area (Å²) in [6.07, 6.45) is 5.74. The second kappa shape index (κ2) is 3.14. The summed E-state index contributed by atoms with van der Waals surface area (Å²) in [4.78, 5) is 0. The summed E-state index contributed by atoms with van der Waals surface area (Å²) < 4.78 is 0. The van der Waals surface area contributed by atoms with E-state index in [4.69, 9.17) is 0 Å². The molecule has 2 atom stereocenters. The van der Waals surface area contributed by atoms with Gasteiger partial charge in [-0.2, -0.15) is 11.8 Å². The lowest BCUT2D eigenvalue weighted by molar-refractivity contribution is 0.504. The van der Waals surface area contributed by atoms with Crippen molar-refractivity contribution in [3.8, 4) is 0 Å². The largest absolute Gasteiger partial charge is 0.313 e. The minimum atomic E-state index is 0.861. The fourth-order valence-corrected chi connectivity index (χ4v) is 3.16. The smallest absolute Gasteiger partial charge is 0.0172 e. The monoisotopic (exact) mass is 157 g/mol. The fourth-order valence-electron chi connectivity index (χ4n) is 1.86. The maximum atomic E-state index is 3.62. The first kappa shape index (κ1) is 6.99. The van der Waals surface area contributed by atoms with Gasteiger partial charge in [-0.3, -0.25) is 0 Å². The first-order chi connectivity index (χ1) is 4.95. The van der Waals surface area contributed by atoms with Crippen LogP contribution in [0.5, 0.6) is 0 Å². The summed E-state index contributed by atoms with van der Waals surface area (Å²) in [5.41, 5.74) is 0. The summed E-state index contributed by atoms with van der Waals surface area (Å²) in [5, 5.41) is 4.56. The van der Waals surface area contributed by atoms with Gasteiger partial charge in [0.15, 0.2) is 0 Å². The van der Waals surface area contributed by atoms with Crippen molar-refractivity contribution in [2.24, 2.45) is 0 Å². The summed E-state index contributed by atoms with van der Waals surface area (Å²) in [6, 6.07) is 0.861. The molecule has 2 bridgehead atoms. The molecule has 0 radical (unpaired) electrons. The van der Waals surface area contributed by atoms with Gasteiger partial charge < -0.3 is 5.32 Å². The molecule has 0 unspecified atom stereocenters. The van der Waals surface area contributed by atoms with Gasteiger partial charge in [-0.05, 0) is 25.0 Å². The molecule has 2 fully saturated rings. The summed E-state index contributed by atoms with van der Waals surface area (Å²) in [6.45, 7) is 1.27. The summed E-state index contributed by atoms with van der Waals surface area (Å²) in [5.74, 6) is 1.39. The van der Waals surface area contributed by atoms with Crippen LogP contribution in [0.4, 0.5) is 0 Å². The van der Waals surface area contributed by atoms with Crippen LogP contribution in [-0.4, -0.2) is 23.6 Å². The van der Waals surface area contributed by atoms with Gasteiger partial charge in [-0.15, -0.1) is 0 Å². The molecule has 2 rings (SSSR count). The molecule has 0 amide bonds. The quantitative estimate of drug-likeness (QED) is 0.573. The predicted molar refractivity (Wildman–Crippen MR) is 46.5 cm³/mol. The van der Waals surface area contributed by atoms with Gasteiger partial charge in [0.05, 0.1) is 0 Å². The Labute approximate surface area is 67.0 Å². The normalized spacial score (nSPS) is 40.8. The van der Waals surface area contributed by atoms with Crippen LogP contribution in [0.1, 0.15) is 25.7 Å². The molecule has 2 heterocycles. The Morgan fingerprint density at radius 1 is 1.20 bits per heavy atom. The minimum Gasteiger partial charge on any atom is -0.313 e. The van der Waals surface area contributed by atoms with Crippen molar-refractivity contribution in [2.75, 3.05) is 12.3 Å². The van der Waals surface area contributed by atoms with E-state index < -0.39 is 0 Å². The van der Waals surface area contributed by atoms with Crippen molar-refractivity contribution in [2.45, 2.75) is 37.0 Å². The third-order valence-corrected chi connectivity index (χ3v) is 3.88. The molecule has 1 N–H and O–H groups in total. The molecule has 0 aromatic rings. The molecule has 10 heavy (non-hydrogen) atoms. The Bertz CT molecular complexity index is 93.8. The van der Waals surface area contributed by atoms with Crippen molar-refractivity contribution in [3.05, 3.63) is 0 Å². The van der Waals surface area contributed by atoms with E-state index in [9.17, 15) is 0 Å². The molecular formula is C8H15NS. The molecule has 1 nitrogen and oxygen atoms in total. The van der Waals surface area contributed by atoms with Crippen LogP contribution in [0, 0.1) is 0 Å². The zero-order valence-corrected chi connectivity index (χ0v) is 7.12. The summed E-state index contributed by atoms with van der Waals surface area (Å²) >= 11 is 2.18. The van der Waals surface area contributed by atoms with E-state index in [1.807, 2.05) is 0 Å². The van der Waals surface area contributed by atoms with E-state index in [0.717, 1.165) is 11.3 Å². The zero-order chi connectivity index (χ0) is 6.81. The van der Waals surface area contributed by atoms with Gasteiger partial charge >= 0.3 is 0 Å². The first-order valence-corrected chi connectivity index (χ1v) is 5.35. The van der Waals surface area contributed by atoms with Crippen LogP contribution in [0.15, 0.2) is 0 Å². The van der Waals surface area contributed by atoms with Crippen LogP contribution in [0.3, 0.4) is 0 Å². The molecule has 0 aliphatic carbocycles. The van der Waals surface area contributed by atoms with Gasteiger partial charge in [-0.25, -0.2) is 0 Å². The molecule has 58 valence electrons. The second-order valence-electron chi connectivity index (χ2n) is 3.32. The van der Waals surface area contributed by atoms with Gasteiger partial charge in [0, 0.05) is 17.8 Å². The molecule has 0 aromatic carbocycles. The molecule has 0 spiro atoms. The Morgan fingerprint density at radius 2 is 2.20 bits per heavy atom. The van der Waals surface area contributed by atoms with Gasteiger partial charge in [0.1, 0.15) is 0 Å². The van der Waals surface area contributed by atoms with Crippen LogP contribution < -0.4 is 5.32 Å². The number of hydrogen-bond acceptors (Lipinski definition) is 2. The Balaban J connectivity index is 2.01. The first-order valence-electron chi connectivity index (χ1n) is 4.30. The number of rotatable bonds is 0. The lowest BCUT2D eigenvalue weighted by atomic mass is 10.1. The Hall–Kier alpha value is 0.310. The number of nitrogens with one attached hydrogen (secondary N) is 1. The molecule has 2 aliphatic rings. The maximum absolute atomic E-state index is 3.62. The fraction of sp³-hybridized carbons (Fsp3) is 1.00. The van der Waals surface area contributed by atoms with E-state index in [2.05, 4.69) is 17.1 Å². The zero-order valence-electron chi connectivity index (χ0n) is 6.31. The highest BCUT2D eigenvalue weighted by Gasteiger charge is 2.21. The number of hydrogen-bond donors (Lipinski definition) is 1. The van der Waals surface area contributed by atoms with Gasteiger partial charge in [0.2, 0.25) is 0 Å². The van der Waals surface area contributed by atoms with Crippen LogP contribution in [0.25, 0.3) is 0 Å². The minimum absolute atomic E-state index is 0.861. The van der Waals surface area contributed by atoms with E-state index in [0.29, 0.717) is 0 Å². The molecule has 2 heteroatoms. The average molecular weight is 157 g/mol. The highest BCUT2D eigenvalue weighted by molar-refractivity contribution is 7.99. The Morgan fingerprint density at radius 3 is 3.20 bits per heavy atom. The van der Waals surface area contributed by atoms with E-state index >= 15 is 0 Å². The highest BCUT2D eigenvalue weighted by Crippen LogP contribution is 2.26. The predicted octanol–water partition coefficient (Wildman–Crippen LogP) is 1.63. The van der Waals surface area contributed by atoms with Crippen LogP contribution >= 0.6 is 11.8 Å². The third-order valence-electron chi connectivity index (χ3n) is 2.53. The van der Waals surface area contributed by atoms with E-state index in [1.165, 1.54) is 38.0 Å². The number of thioether (sulfide) groups is 1. The molecule has 2 aliphatic heterocycles. The molecule has 0 aromatic heterocycles. The average Bonchev–Trinajstić information content (AvgIpc) is 2.17. The van der Waals surface area contributed by atoms with Crippen molar-refractivity contribution in [1.29, 1.82) is 0 Å². The SMILES string of the molecule is C1C[C@H]2CCS[C@@H](C1)CN2. The highest BCUT2D eigenvalue weighted by atomic mass is 32.2. The van der Waals surface area contributed by atoms with Crippen molar-refractivity contribution >= 4 is 11.8 Å². The number of fused-ring (bicyclic) bond motifs is 3. The van der Waals surface area contributed by atoms with Gasteiger partial charge in [0.25, 0.3) is 0 Å². The standard InChI is InChI=1S/C8H15NS/c1-2-7-4-5-10-8(3-1)6-9-7/h7-9H,1-6H2/t7-,8-/m0/s1. The van der Waals surface area contributed by atoms with E-state index in [1.54, 1.807) is 0 Å². The lowest BCUT2D eigenvalue weighted by Crippen LogP contribution is -2.29. The summed E-state index contributed by atoms with van der Waals surface area (Å²) in [7, 11) is 0. The molecule has 0 saturated carbocycles. The van der Waals surface area contributed by atoms with Crippen molar-refractivity contribution in [3.63, 3.8) is 0 Å². The second-order valence-corrected chi connectivity index (χ2v) is 4.73.